The number of carbonyl (C=O) groups excluding carboxylic acids is 1. The van der Waals surface area contributed by atoms with Gasteiger partial charge in [-0.2, -0.15) is 5.26 Å². The Balaban J connectivity index is 1.99. The molecule has 0 N–H and O–H groups in total. The lowest BCUT2D eigenvalue weighted by Gasteiger charge is -2.06. The Morgan fingerprint density at radius 3 is 2.55 bits per heavy atom. The normalized spacial score (nSPS) is 9.60. The molecule has 0 amide bonds. The maximum Gasteiger partial charge on any atom is 0.315 e. The van der Waals surface area contributed by atoms with Crippen molar-refractivity contribution in [3.63, 3.8) is 0 Å². The van der Waals surface area contributed by atoms with Crippen LogP contribution in [0.3, 0.4) is 0 Å². The lowest BCUT2D eigenvalue weighted by Crippen LogP contribution is -2.11. The second-order valence-electron chi connectivity index (χ2n) is 4.14. The molecule has 0 bridgehead atoms. The SMILES string of the molecule is COc1cccc(CC(=O)Oc2ccc(C#N)cc2)c1. The fraction of sp³-hybridized carbons (Fsp3) is 0.125. The molecule has 0 aliphatic carbocycles. The van der Waals surface area contributed by atoms with Gasteiger partial charge in [-0.1, -0.05) is 12.1 Å². The second kappa shape index (κ2) is 6.39. The van der Waals surface area contributed by atoms with E-state index in [0.29, 0.717) is 17.1 Å². The first-order valence-electron chi connectivity index (χ1n) is 6.05. The molecule has 2 aromatic rings. The van der Waals surface area contributed by atoms with Gasteiger partial charge in [0.15, 0.2) is 0 Å². The number of carbonyl (C=O) groups is 1. The molecular formula is C16H13NO3. The highest BCUT2D eigenvalue weighted by Gasteiger charge is 2.07. The molecule has 0 unspecified atom stereocenters. The Morgan fingerprint density at radius 1 is 1.15 bits per heavy atom. The number of benzene rings is 2. The van der Waals surface area contributed by atoms with Crippen molar-refractivity contribution < 1.29 is 14.3 Å². The van der Waals surface area contributed by atoms with Crippen molar-refractivity contribution in [1.82, 2.24) is 0 Å². The summed E-state index contributed by atoms with van der Waals surface area (Å²) in [5.74, 6) is 0.772. The Kier molecular flexibility index (Phi) is 4.35. The number of methoxy groups -OCH3 is 1. The van der Waals surface area contributed by atoms with Crippen LogP contribution in [0, 0.1) is 11.3 Å². The van der Waals surface area contributed by atoms with E-state index in [9.17, 15) is 4.79 Å². The molecule has 2 aromatic carbocycles. The monoisotopic (exact) mass is 267 g/mol. The molecule has 2 rings (SSSR count). The topological polar surface area (TPSA) is 59.3 Å². The van der Waals surface area contributed by atoms with E-state index in [1.54, 1.807) is 37.4 Å². The van der Waals surface area contributed by atoms with Gasteiger partial charge in [0, 0.05) is 0 Å². The fourth-order valence-corrected chi connectivity index (χ4v) is 1.71. The first-order valence-corrected chi connectivity index (χ1v) is 6.05. The quantitative estimate of drug-likeness (QED) is 0.631. The largest absolute Gasteiger partial charge is 0.497 e. The van der Waals surface area contributed by atoms with E-state index in [-0.39, 0.29) is 12.4 Å². The van der Waals surface area contributed by atoms with Crippen molar-refractivity contribution in [1.29, 1.82) is 5.26 Å². The Bertz CT molecular complexity index is 642. The molecule has 0 saturated carbocycles. The summed E-state index contributed by atoms with van der Waals surface area (Å²) in [7, 11) is 1.58. The number of esters is 1. The van der Waals surface area contributed by atoms with Gasteiger partial charge >= 0.3 is 5.97 Å². The number of nitrogens with zero attached hydrogens (tertiary/aromatic N) is 1. The van der Waals surface area contributed by atoms with E-state index in [1.165, 1.54) is 0 Å². The number of hydrogen-bond donors (Lipinski definition) is 0. The summed E-state index contributed by atoms with van der Waals surface area (Å²) in [5, 5.41) is 8.68. The van der Waals surface area contributed by atoms with Crippen molar-refractivity contribution in [2.45, 2.75) is 6.42 Å². The van der Waals surface area contributed by atoms with Crippen LogP contribution in [-0.2, 0) is 11.2 Å². The zero-order chi connectivity index (χ0) is 14.4. The molecule has 0 aromatic heterocycles. The molecule has 20 heavy (non-hydrogen) atoms. The van der Waals surface area contributed by atoms with Crippen molar-refractivity contribution in [2.24, 2.45) is 0 Å². The summed E-state index contributed by atoms with van der Waals surface area (Å²) in [6.07, 6.45) is 0.164. The van der Waals surface area contributed by atoms with Gasteiger partial charge in [-0.05, 0) is 42.0 Å². The average Bonchev–Trinajstić information content (AvgIpc) is 2.48. The van der Waals surface area contributed by atoms with Gasteiger partial charge in [-0.15, -0.1) is 0 Å². The van der Waals surface area contributed by atoms with Crippen molar-refractivity contribution in [3.8, 4) is 17.6 Å². The fourth-order valence-electron chi connectivity index (χ4n) is 1.71. The summed E-state index contributed by atoms with van der Waals surface area (Å²) in [4.78, 5) is 11.8. The molecule has 0 heterocycles. The van der Waals surface area contributed by atoms with E-state index < -0.39 is 0 Å². The third kappa shape index (κ3) is 3.59. The standard InChI is InChI=1S/C16H13NO3/c1-19-15-4-2-3-13(9-15)10-16(18)20-14-7-5-12(11-17)6-8-14/h2-9H,10H2,1H3. The van der Waals surface area contributed by atoms with Crippen LogP contribution in [-0.4, -0.2) is 13.1 Å². The zero-order valence-electron chi connectivity index (χ0n) is 11.0. The Morgan fingerprint density at radius 2 is 1.90 bits per heavy atom. The maximum atomic E-state index is 11.8. The highest BCUT2D eigenvalue weighted by molar-refractivity contribution is 5.75. The molecule has 0 saturated heterocycles. The number of ether oxygens (including phenoxy) is 2. The molecule has 0 fully saturated rings. The number of hydrogen-bond acceptors (Lipinski definition) is 4. The van der Waals surface area contributed by atoms with Gasteiger partial charge in [0.1, 0.15) is 11.5 Å². The van der Waals surface area contributed by atoms with Crippen LogP contribution in [0.5, 0.6) is 11.5 Å². The van der Waals surface area contributed by atoms with Gasteiger partial charge in [0.05, 0.1) is 25.2 Å². The van der Waals surface area contributed by atoms with Crippen LogP contribution < -0.4 is 9.47 Å². The molecule has 4 heteroatoms. The maximum absolute atomic E-state index is 11.8. The van der Waals surface area contributed by atoms with Gasteiger partial charge in [-0.25, -0.2) is 0 Å². The molecule has 0 aliphatic heterocycles. The highest BCUT2D eigenvalue weighted by Crippen LogP contribution is 2.15. The molecule has 0 aliphatic rings. The summed E-state index contributed by atoms with van der Waals surface area (Å²) in [6, 6.07) is 15.7. The Labute approximate surface area is 117 Å². The lowest BCUT2D eigenvalue weighted by atomic mass is 10.1. The van der Waals surface area contributed by atoms with Crippen LogP contribution in [0.25, 0.3) is 0 Å². The molecular weight excluding hydrogens is 254 g/mol. The molecule has 4 nitrogen and oxygen atoms in total. The third-order valence-corrected chi connectivity index (χ3v) is 2.70. The lowest BCUT2D eigenvalue weighted by molar-refractivity contribution is -0.133. The van der Waals surface area contributed by atoms with E-state index in [2.05, 4.69) is 0 Å². The predicted molar refractivity (Wildman–Crippen MR) is 73.5 cm³/mol. The van der Waals surface area contributed by atoms with Gasteiger partial charge < -0.3 is 9.47 Å². The smallest absolute Gasteiger partial charge is 0.315 e. The van der Waals surface area contributed by atoms with E-state index in [0.717, 1.165) is 5.56 Å². The molecule has 0 spiro atoms. The average molecular weight is 267 g/mol. The summed E-state index contributed by atoms with van der Waals surface area (Å²) < 4.78 is 10.3. The second-order valence-corrected chi connectivity index (χ2v) is 4.14. The minimum absolute atomic E-state index is 0.164. The molecule has 0 radical (unpaired) electrons. The van der Waals surface area contributed by atoms with Crippen molar-refractivity contribution >= 4 is 5.97 Å². The summed E-state index contributed by atoms with van der Waals surface area (Å²) in [5.41, 5.74) is 1.35. The van der Waals surface area contributed by atoms with Gasteiger partial charge in [0.25, 0.3) is 0 Å². The summed E-state index contributed by atoms with van der Waals surface area (Å²) in [6.45, 7) is 0. The van der Waals surface area contributed by atoms with Gasteiger partial charge in [-0.3, -0.25) is 4.79 Å². The van der Waals surface area contributed by atoms with Gasteiger partial charge in [0.2, 0.25) is 0 Å². The van der Waals surface area contributed by atoms with E-state index in [1.807, 2.05) is 24.3 Å². The minimum Gasteiger partial charge on any atom is -0.497 e. The van der Waals surface area contributed by atoms with Crippen LogP contribution in [0.1, 0.15) is 11.1 Å². The van der Waals surface area contributed by atoms with Crippen molar-refractivity contribution in [3.05, 3.63) is 59.7 Å². The molecule has 0 atom stereocenters. The van der Waals surface area contributed by atoms with Crippen LogP contribution in [0.2, 0.25) is 0 Å². The van der Waals surface area contributed by atoms with E-state index >= 15 is 0 Å². The predicted octanol–water partition coefficient (Wildman–Crippen LogP) is 2.71. The first-order chi connectivity index (χ1) is 9.71. The van der Waals surface area contributed by atoms with Crippen molar-refractivity contribution in [2.75, 3.05) is 7.11 Å². The Hall–Kier alpha value is -2.80. The summed E-state index contributed by atoms with van der Waals surface area (Å²) >= 11 is 0. The van der Waals surface area contributed by atoms with Crippen LogP contribution in [0.15, 0.2) is 48.5 Å². The molecule has 100 valence electrons. The number of rotatable bonds is 4. The highest BCUT2D eigenvalue weighted by atomic mass is 16.5. The van der Waals surface area contributed by atoms with E-state index in [4.69, 9.17) is 14.7 Å². The van der Waals surface area contributed by atoms with Crippen LogP contribution in [0.4, 0.5) is 0 Å². The zero-order valence-corrected chi connectivity index (χ0v) is 11.0. The minimum atomic E-state index is -0.358. The first kappa shape index (κ1) is 13.6. The third-order valence-electron chi connectivity index (χ3n) is 2.70. The number of nitriles is 1. The van der Waals surface area contributed by atoms with Crippen LogP contribution >= 0.6 is 0 Å².